The first kappa shape index (κ1) is 15.1. The topological polar surface area (TPSA) is 68.7 Å². The Hall–Kier alpha value is -2.28. The van der Waals surface area contributed by atoms with Crippen LogP contribution in [-0.4, -0.2) is 36.4 Å². The van der Waals surface area contributed by atoms with Gasteiger partial charge in [0, 0.05) is 38.3 Å². The lowest BCUT2D eigenvalue weighted by Gasteiger charge is -2.11. The van der Waals surface area contributed by atoms with Gasteiger partial charge in [-0.25, -0.2) is 18.6 Å². The van der Waals surface area contributed by atoms with Crippen molar-refractivity contribution in [2.24, 2.45) is 0 Å². The van der Waals surface area contributed by atoms with Crippen molar-refractivity contribution in [3.05, 3.63) is 35.5 Å². The van der Waals surface area contributed by atoms with E-state index in [9.17, 15) is 13.6 Å². The Balaban J connectivity index is 2.46. The number of benzene rings is 1. The highest BCUT2D eigenvalue weighted by molar-refractivity contribution is 5.93. The van der Waals surface area contributed by atoms with Gasteiger partial charge in [0.15, 0.2) is 5.69 Å². The smallest absolute Gasteiger partial charge is 0.354 e. The van der Waals surface area contributed by atoms with E-state index in [1.54, 1.807) is 0 Å². The summed E-state index contributed by atoms with van der Waals surface area (Å²) in [6.45, 7) is 0.661. The molecule has 1 N–H and O–H groups in total. The molecule has 1 heterocycles. The molecule has 0 amide bonds. The number of nitrogens with zero attached hydrogens (tertiary/aromatic N) is 1. The van der Waals surface area contributed by atoms with Gasteiger partial charge >= 0.3 is 5.97 Å². The number of hydrogen-bond donors (Lipinski definition) is 1. The third kappa shape index (κ3) is 3.43. The fourth-order valence-electron chi connectivity index (χ4n) is 1.86. The fourth-order valence-corrected chi connectivity index (χ4v) is 1.86. The van der Waals surface area contributed by atoms with E-state index in [1.165, 1.54) is 7.11 Å². The average Bonchev–Trinajstić information content (AvgIpc) is 2.42. The highest BCUT2D eigenvalue weighted by Crippen LogP contribution is 2.29. The van der Waals surface area contributed by atoms with E-state index >= 15 is 0 Å². The Morgan fingerprint density at radius 2 is 2.05 bits per heavy atom. The first-order valence-corrected chi connectivity index (χ1v) is 6.17. The fraction of sp³-hybridized carbons (Fsp3) is 0.286. The first-order chi connectivity index (χ1) is 10.0. The normalized spacial score (nSPS) is 10.8. The van der Waals surface area contributed by atoms with Crippen LogP contribution in [0.4, 0.5) is 8.78 Å². The molecular weight excluding hydrogens is 284 g/mol. The molecule has 0 saturated heterocycles. The van der Waals surface area contributed by atoms with Crippen LogP contribution in [0.15, 0.2) is 18.2 Å². The van der Waals surface area contributed by atoms with E-state index in [0.29, 0.717) is 19.1 Å². The van der Waals surface area contributed by atoms with Crippen molar-refractivity contribution in [2.75, 3.05) is 20.3 Å². The van der Waals surface area contributed by atoms with Crippen LogP contribution in [-0.2, 0) is 4.74 Å². The molecule has 7 heteroatoms. The molecule has 112 valence electrons. The number of pyridine rings is 1. The second kappa shape index (κ2) is 6.45. The Morgan fingerprint density at radius 1 is 1.29 bits per heavy atom. The molecule has 0 atom stereocenters. The Labute approximate surface area is 119 Å². The summed E-state index contributed by atoms with van der Waals surface area (Å²) < 4.78 is 37.4. The number of carboxylic acid groups (broad SMARTS) is 1. The van der Waals surface area contributed by atoms with Crippen molar-refractivity contribution in [1.82, 2.24) is 4.98 Å². The minimum absolute atomic E-state index is 0.0194. The van der Waals surface area contributed by atoms with E-state index in [-0.39, 0.29) is 29.0 Å². The van der Waals surface area contributed by atoms with Crippen LogP contribution in [0, 0.1) is 11.6 Å². The lowest BCUT2D eigenvalue weighted by atomic mass is 10.1. The Kier molecular flexibility index (Phi) is 4.64. The van der Waals surface area contributed by atoms with Gasteiger partial charge in [0.1, 0.15) is 17.4 Å². The van der Waals surface area contributed by atoms with Crippen molar-refractivity contribution < 1.29 is 28.2 Å². The highest BCUT2D eigenvalue weighted by Gasteiger charge is 2.16. The molecule has 0 spiro atoms. The van der Waals surface area contributed by atoms with Crippen molar-refractivity contribution in [1.29, 1.82) is 0 Å². The molecule has 0 radical (unpaired) electrons. The van der Waals surface area contributed by atoms with E-state index in [2.05, 4.69) is 4.98 Å². The van der Waals surface area contributed by atoms with Crippen molar-refractivity contribution in [3.8, 4) is 5.75 Å². The first-order valence-electron chi connectivity index (χ1n) is 6.17. The summed E-state index contributed by atoms with van der Waals surface area (Å²) in [5.74, 6) is -2.97. The van der Waals surface area contributed by atoms with E-state index < -0.39 is 17.6 Å². The van der Waals surface area contributed by atoms with Gasteiger partial charge in [0.2, 0.25) is 0 Å². The number of aromatic carboxylic acids is 1. The summed E-state index contributed by atoms with van der Waals surface area (Å²) in [5, 5.41) is 8.95. The molecule has 0 saturated carbocycles. The minimum Gasteiger partial charge on any atom is -0.493 e. The number of carbonyl (C=O) groups is 1. The van der Waals surface area contributed by atoms with Crippen LogP contribution in [0.25, 0.3) is 10.9 Å². The number of carboxylic acids is 1. The van der Waals surface area contributed by atoms with Crippen LogP contribution >= 0.6 is 0 Å². The largest absolute Gasteiger partial charge is 0.493 e. The molecule has 2 rings (SSSR count). The van der Waals surface area contributed by atoms with E-state index in [0.717, 1.165) is 12.1 Å². The molecular formula is C14H13F2NO4. The van der Waals surface area contributed by atoms with Crippen LogP contribution < -0.4 is 4.74 Å². The third-order valence-electron chi connectivity index (χ3n) is 2.76. The summed E-state index contributed by atoms with van der Waals surface area (Å²) in [5.41, 5.74) is -0.441. The summed E-state index contributed by atoms with van der Waals surface area (Å²) >= 11 is 0. The molecule has 0 aliphatic rings. The minimum atomic E-state index is -1.30. The number of aromatic nitrogens is 1. The number of halogens is 2. The van der Waals surface area contributed by atoms with Gasteiger partial charge in [-0.05, 0) is 0 Å². The molecule has 5 nitrogen and oxygen atoms in total. The quantitative estimate of drug-likeness (QED) is 0.830. The number of rotatable bonds is 6. The number of hydrogen-bond acceptors (Lipinski definition) is 4. The number of fused-ring (bicyclic) bond motifs is 1. The molecule has 0 fully saturated rings. The monoisotopic (exact) mass is 297 g/mol. The zero-order valence-corrected chi connectivity index (χ0v) is 11.2. The summed E-state index contributed by atoms with van der Waals surface area (Å²) in [7, 11) is 1.53. The second-order valence-corrected chi connectivity index (χ2v) is 4.29. The van der Waals surface area contributed by atoms with Crippen LogP contribution in [0.1, 0.15) is 16.9 Å². The number of methoxy groups -OCH3 is 1. The predicted octanol–water partition coefficient (Wildman–Crippen LogP) is 2.63. The van der Waals surface area contributed by atoms with E-state index in [4.69, 9.17) is 14.6 Å². The molecule has 1 aromatic carbocycles. The van der Waals surface area contributed by atoms with Gasteiger partial charge in [-0.3, -0.25) is 0 Å². The van der Waals surface area contributed by atoms with Crippen LogP contribution in [0.2, 0.25) is 0 Å². The zero-order valence-electron chi connectivity index (χ0n) is 11.2. The summed E-state index contributed by atoms with van der Waals surface area (Å²) in [4.78, 5) is 14.7. The average molecular weight is 297 g/mol. The van der Waals surface area contributed by atoms with Gasteiger partial charge in [-0.2, -0.15) is 0 Å². The maximum Gasteiger partial charge on any atom is 0.354 e. The van der Waals surface area contributed by atoms with Gasteiger partial charge in [0.25, 0.3) is 0 Å². The molecule has 0 unspecified atom stereocenters. The highest BCUT2D eigenvalue weighted by atomic mass is 19.1. The van der Waals surface area contributed by atoms with Crippen LogP contribution in [0.3, 0.4) is 0 Å². The predicted molar refractivity (Wildman–Crippen MR) is 70.6 cm³/mol. The summed E-state index contributed by atoms with van der Waals surface area (Å²) in [6, 6.07) is 2.79. The molecule has 1 aromatic heterocycles. The standard InChI is InChI=1S/C14H13F2NO4/c1-20-3-2-4-21-12-7-11(14(18)19)17-10-6-8(15)5-9(16)13(10)12/h5-7H,2-4H2,1H3,(H,18,19). The van der Waals surface area contributed by atoms with E-state index in [1.807, 2.05) is 0 Å². The molecule has 0 aliphatic heterocycles. The zero-order chi connectivity index (χ0) is 15.4. The molecule has 2 aromatic rings. The molecule has 0 aliphatic carbocycles. The van der Waals surface area contributed by atoms with Crippen LogP contribution in [0.5, 0.6) is 5.75 Å². The maximum absolute atomic E-state index is 13.9. The maximum atomic E-state index is 13.9. The van der Waals surface area contributed by atoms with Gasteiger partial charge < -0.3 is 14.6 Å². The third-order valence-corrected chi connectivity index (χ3v) is 2.76. The summed E-state index contributed by atoms with van der Waals surface area (Å²) in [6.07, 6.45) is 0.547. The van der Waals surface area contributed by atoms with Gasteiger partial charge in [-0.15, -0.1) is 0 Å². The number of ether oxygens (including phenoxy) is 2. The van der Waals surface area contributed by atoms with Crippen molar-refractivity contribution in [3.63, 3.8) is 0 Å². The van der Waals surface area contributed by atoms with Crippen molar-refractivity contribution in [2.45, 2.75) is 6.42 Å². The van der Waals surface area contributed by atoms with Gasteiger partial charge in [0.05, 0.1) is 17.5 Å². The lowest BCUT2D eigenvalue weighted by Crippen LogP contribution is -2.06. The SMILES string of the molecule is COCCCOc1cc(C(=O)O)nc2cc(F)cc(F)c12. The van der Waals surface area contributed by atoms with Gasteiger partial charge in [-0.1, -0.05) is 0 Å². The Morgan fingerprint density at radius 3 is 2.71 bits per heavy atom. The second-order valence-electron chi connectivity index (χ2n) is 4.29. The van der Waals surface area contributed by atoms with Crippen molar-refractivity contribution >= 4 is 16.9 Å². The lowest BCUT2D eigenvalue weighted by molar-refractivity contribution is 0.0690. The molecule has 21 heavy (non-hydrogen) atoms. The Bertz CT molecular complexity index is 676. The molecule has 0 bridgehead atoms.